The third-order valence-corrected chi connectivity index (χ3v) is 8.65. The van der Waals surface area contributed by atoms with Gasteiger partial charge in [0.15, 0.2) is 11.6 Å². The van der Waals surface area contributed by atoms with Crippen molar-refractivity contribution >= 4 is 55.1 Å². The number of benzene rings is 2. The Labute approximate surface area is 219 Å². The molecule has 0 spiro atoms. The first kappa shape index (κ1) is 27.1. The molecule has 0 saturated carbocycles. The SMILES string of the molecule is CCCC1(CCC)C(=O)C(C2=NS(=O)(=O)c3cc(NS(=O)(=O)NC(=O)O)ccc3N2)=C(O)c2ccccc21. The van der Waals surface area contributed by atoms with E-state index in [1.54, 1.807) is 24.3 Å². The lowest BCUT2D eigenvalue weighted by molar-refractivity contribution is -0.121. The molecule has 2 aromatic carbocycles. The van der Waals surface area contributed by atoms with E-state index in [0.717, 1.165) is 6.07 Å². The lowest BCUT2D eigenvalue weighted by atomic mass is 9.63. The molecular formula is C24H26N4O8S2. The largest absolute Gasteiger partial charge is 0.506 e. The molecule has 4 rings (SSSR count). The zero-order valence-corrected chi connectivity index (χ0v) is 22.1. The van der Waals surface area contributed by atoms with Gasteiger partial charge in [-0.1, -0.05) is 51.0 Å². The van der Waals surface area contributed by atoms with Gasteiger partial charge in [0, 0.05) is 5.56 Å². The smallest absolute Gasteiger partial charge is 0.419 e. The number of carbonyl (C=O) groups excluding carboxylic acids is 1. The molecule has 0 aromatic heterocycles. The maximum absolute atomic E-state index is 14.1. The number of amides is 1. The van der Waals surface area contributed by atoms with Crippen LogP contribution in [0.2, 0.25) is 0 Å². The van der Waals surface area contributed by atoms with Crippen LogP contribution >= 0.6 is 0 Å². The third-order valence-electron chi connectivity index (χ3n) is 6.38. The molecule has 2 aromatic rings. The van der Waals surface area contributed by atoms with Gasteiger partial charge in [0.2, 0.25) is 0 Å². The molecule has 0 saturated heterocycles. The Morgan fingerprint density at radius 1 is 1.11 bits per heavy atom. The second-order valence-corrected chi connectivity index (χ2v) is 11.9. The quantitative estimate of drug-likeness (QED) is 0.320. The van der Waals surface area contributed by atoms with Crippen LogP contribution in [0.3, 0.4) is 0 Å². The normalized spacial score (nSPS) is 17.5. The van der Waals surface area contributed by atoms with Gasteiger partial charge in [-0.2, -0.15) is 16.8 Å². The van der Waals surface area contributed by atoms with E-state index in [4.69, 9.17) is 5.11 Å². The number of rotatable bonds is 8. The number of aliphatic hydroxyl groups is 1. The summed E-state index contributed by atoms with van der Waals surface area (Å²) in [5, 5.41) is 22.6. The first-order valence-corrected chi connectivity index (χ1v) is 14.7. The summed E-state index contributed by atoms with van der Waals surface area (Å²) in [7, 11) is -9.00. The minimum absolute atomic E-state index is 0.00677. The van der Waals surface area contributed by atoms with Crippen LogP contribution in [0.15, 0.2) is 57.3 Å². The Hall–Kier alpha value is -3.91. The molecule has 2 aliphatic rings. The van der Waals surface area contributed by atoms with Crippen LogP contribution in [0.4, 0.5) is 16.2 Å². The molecule has 1 aliphatic heterocycles. The van der Waals surface area contributed by atoms with Crippen LogP contribution in [-0.2, 0) is 30.4 Å². The molecule has 0 radical (unpaired) electrons. The maximum atomic E-state index is 14.1. The van der Waals surface area contributed by atoms with Gasteiger partial charge in [0.05, 0.1) is 16.8 Å². The van der Waals surface area contributed by atoms with Crippen molar-refractivity contribution in [3.05, 3.63) is 59.2 Å². The lowest BCUT2D eigenvalue weighted by Crippen LogP contribution is -2.44. The number of carbonyl (C=O) groups is 2. The summed E-state index contributed by atoms with van der Waals surface area (Å²) >= 11 is 0. The predicted octanol–water partition coefficient (Wildman–Crippen LogP) is 3.51. The number of aliphatic hydroxyl groups excluding tert-OH is 1. The van der Waals surface area contributed by atoms with Crippen molar-refractivity contribution in [3.63, 3.8) is 0 Å². The van der Waals surface area contributed by atoms with E-state index in [0.29, 0.717) is 36.8 Å². The Bertz CT molecular complexity index is 1610. The zero-order valence-electron chi connectivity index (χ0n) is 20.5. The number of fused-ring (bicyclic) bond motifs is 2. The monoisotopic (exact) mass is 562 g/mol. The van der Waals surface area contributed by atoms with E-state index in [-0.39, 0.29) is 28.5 Å². The molecule has 5 N–H and O–H groups in total. The fraction of sp³-hybridized carbons (Fsp3) is 0.292. The van der Waals surface area contributed by atoms with E-state index in [2.05, 4.69) is 9.71 Å². The topological polar surface area (TPSA) is 191 Å². The van der Waals surface area contributed by atoms with Gasteiger partial charge in [-0.3, -0.25) is 9.52 Å². The highest BCUT2D eigenvalue weighted by molar-refractivity contribution is 7.91. The molecule has 0 unspecified atom stereocenters. The fourth-order valence-corrected chi connectivity index (χ4v) is 6.90. The summed E-state index contributed by atoms with van der Waals surface area (Å²) in [6.45, 7) is 3.89. The number of Topliss-reactive ketones (excluding diaryl/α,β-unsaturated/α-hetero) is 1. The van der Waals surface area contributed by atoms with Crippen LogP contribution in [0.25, 0.3) is 5.76 Å². The zero-order chi connectivity index (χ0) is 27.9. The van der Waals surface area contributed by atoms with Crippen molar-refractivity contribution in [2.24, 2.45) is 4.40 Å². The number of amidine groups is 1. The highest BCUT2D eigenvalue weighted by atomic mass is 32.2. The van der Waals surface area contributed by atoms with Crippen molar-refractivity contribution < 1.29 is 36.6 Å². The molecule has 12 nitrogen and oxygen atoms in total. The van der Waals surface area contributed by atoms with Crippen LogP contribution in [0, 0.1) is 0 Å². The minimum atomic E-state index is -4.53. The van der Waals surface area contributed by atoms with Crippen LogP contribution < -0.4 is 14.8 Å². The maximum Gasteiger partial charge on any atom is 0.419 e. The lowest BCUT2D eigenvalue weighted by Gasteiger charge is -2.39. The molecule has 1 amide bonds. The average molecular weight is 563 g/mol. The molecule has 14 heteroatoms. The van der Waals surface area contributed by atoms with Crippen molar-refractivity contribution in [2.75, 3.05) is 10.0 Å². The summed E-state index contributed by atoms with van der Waals surface area (Å²) < 4.78 is 57.0. The van der Waals surface area contributed by atoms with E-state index < -0.39 is 42.4 Å². The molecule has 1 heterocycles. The summed E-state index contributed by atoms with van der Waals surface area (Å²) in [5.74, 6) is -1.17. The first-order valence-electron chi connectivity index (χ1n) is 11.7. The number of hydrogen-bond acceptors (Lipinski definition) is 8. The van der Waals surface area contributed by atoms with E-state index >= 15 is 0 Å². The molecule has 0 fully saturated rings. The predicted molar refractivity (Wildman–Crippen MR) is 141 cm³/mol. The van der Waals surface area contributed by atoms with Crippen LogP contribution in [0.1, 0.15) is 50.7 Å². The van der Waals surface area contributed by atoms with Crippen molar-refractivity contribution in [1.29, 1.82) is 0 Å². The van der Waals surface area contributed by atoms with Gasteiger partial charge < -0.3 is 15.5 Å². The average Bonchev–Trinajstić information content (AvgIpc) is 2.82. The Morgan fingerprint density at radius 3 is 2.39 bits per heavy atom. The minimum Gasteiger partial charge on any atom is -0.506 e. The number of carboxylic acid groups (broad SMARTS) is 1. The van der Waals surface area contributed by atoms with Crippen molar-refractivity contribution in [1.82, 2.24) is 4.72 Å². The van der Waals surface area contributed by atoms with E-state index in [1.165, 1.54) is 16.9 Å². The fourth-order valence-electron chi connectivity index (χ4n) is 5.03. The molecule has 202 valence electrons. The second-order valence-electron chi connectivity index (χ2n) is 8.94. The molecule has 0 bridgehead atoms. The summed E-state index contributed by atoms with van der Waals surface area (Å²) in [5.41, 5.74) is -0.358. The van der Waals surface area contributed by atoms with Crippen molar-refractivity contribution in [3.8, 4) is 0 Å². The third kappa shape index (κ3) is 4.72. The molecular weight excluding hydrogens is 536 g/mol. The van der Waals surface area contributed by atoms with E-state index in [9.17, 15) is 31.5 Å². The highest BCUT2D eigenvalue weighted by Gasteiger charge is 2.48. The number of hydrogen-bond donors (Lipinski definition) is 5. The summed E-state index contributed by atoms with van der Waals surface area (Å²) in [4.78, 5) is 24.3. The standard InChI is InChI=1S/C24H26N4O8S2/c1-3-11-24(12-4-2)16-8-6-5-7-15(16)20(29)19(21(24)30)22-25-17-10-9-14(13-18(17)37(33,34)27-22)26-38(35,36)28-23(31)32/h5-10,13,26,28-29H,3-4,11-12H2,1-2H3,(H,25,27)(H,31,32). The van der Waals surface area contributed by atoms with Gasteiger partial charge in [0.25, 0.3) is 10.0 Å². The number of nitrogens with zero attached hydrogens (tertiary/aromatic N) is 1. The Balaban J connectivity index is 1.82. The van der Waals surface area contributed by atoms with Gasteiger partial charge in [-0.25, -0.2) is 9.52 Å². The van der Waals surface area contributed by atoms with Gasteiger partial charge in [-0.15, -0.1) is 4.40 Å². The Kier molecular flexibility index (Phi) is 6.97. The Morgan fingerprint density at radius 2 is 1.76 bits per heavy atom. The highest BCUT2D eigenvalue weighted by Crippen LogP contribution is 2.46. The van der Waals surface area contributed by atoms with E-state index in [1.807, 2.05) is 18.6 Å². The molecule has 0 atom stereocenters. The summed E-state index contributed by atoms with van der Waals surface area (Å²) in [6.07, 6.45) is 0.485. The van der Waals surface area contributed by atoms with Gasteiger partial charge >= 0.3 is 16.3 Å². The second kappa shape index (κ2) is 9.76. The first-order chi connectivity index (χ1) is 17.8. The van der Waals surface area contributed by atoms with Crippen LogP contribution in [-0.4, -0.2) is 44.8 Å². The number of ketones is 1. The van der Waals surface area contributed by atoms with Gasteiger partial charge in [-0.05, 0) is 36.6 Å². The van der Waals surface area contributed by atoms with Gasteiger partial charge in [0.1, 0.15) is 16.2 Å². The number of nitrogens with one attached hydrogen (secondary N) is 3. The summed E-state index contributed by atoms with van der Waals surface area (Å²) in [6, 6.07) is 10.4. The van der Waals surface area contributed by atoms with Crippen LogP contribution in [0.5, 0.6) is 0 Å². The molecule has 38 heavy (non-hydrogen) atoms. The number of anilines is 2. The molecule has 1 aliphatic carbocycles. The number of sulfonamides is 1. The van der Waals surface area contributed by atoms with Crippen molar-refractivity contribution in [2.45, 2.75) is 49.8 Å².